The van der Waals surface area contributed by atoms with E-state index < -0.39 is 35.3 Å². The Morgan fingerprint density at radius 3 is 1.38 bits per heavy atom. The largest absolute Gasteiger partial charge is 1.00 e. The van der Waals surface area contributed by atoms with Crippen LogP contribution in [-0.2, 0) is 58.8 Å². The van der Waals surface area contributed by atoms with Gasteiger partial charge in [0.2, 0.25) is 5.60 Å². The fraction of sp³-hybridized carbons (Fsp3) is 0.500. The van der Waals surface area contributed by atoms with Gasteiger partial charge in [0, 0.05) is 62.9 Å². The van der Waals surface area contributed by atoms with Crippen LogP contribution in [0.15, 0.2) is 91.4 Å². The van der Waals surface area contributed by atoms with E-state index >= 15 is 0 Å². The molecular weight excluding hydrogens is 1640 g/mol. The van der Waals surface area contributed by atoms with E-state index in [0.29, 0.717) is 68.1 Å². The molecule has 28 heteroatoms. The molecule has 0 spiro atoms. The normalized spacial score (nSPS) is 25.8. The van der Waals surface area contributed by atoms with Crippen molar-refractivity contribution in [1.82, 2.24) is 0 Å². The summed E-state index contributed by atoms with van der Waals surface area (Å²) in [6.07, 6.45) is 4.86. The summed E-state index contributed by atoms with van der Waals surface area (Å²) in [5.41, 5.74) is -3.12. The number of nitrogens with zero attached hydrogens (tertiary/aromatic N) is 2. The zero-order valence-electron chi connectivity index (χ0n) is 40.3. The molecule has 78 heavy (non-hydrogen) atoms. The van der Waals surface area contributed by atoms with Gasteiger partial charge in [-0.05, 0) is 73.2 Å². The number of methoxy groups -OCH3 is 1. The summed E-state index contributed by atoms with van der Waals surface area (Å²) < 4.78 is 34.0. The van der Waals surface area contributed by atoms with Gasteiger partial charge in [0.15, 0.2) is 5.97 Å². The molecule has 7 fully saturated rings. The molecule has 4 bridgehead atoms. The molecule has 8 unspecified atom stereocenters. The topological polar surface area (TPSA) is 218 Å². The van der Waals surface area contributed by atoms with E-state index in [-0.39, 0.29) is 124 Å². The van der Waals surface area contributed by atoms with E-state index in [2.05, 4.69) is 90.8 Å². The number of likely N-dealkylation sites (N-methyl/N-ethyl adjacent to an activating group) is 2. The Morgan fingerprint density at radius 2 is 1.10 bits per heavy atom. The number of esters is 3. The number of fused-ring (bicyclic) bond motifs is 10. The Labute approximate surface area is 560 Å². The number of hydrogen-bond donors (Lipinski definition) is 2. The van der Waals surface area contributed by atoms with Crippen LogP contribution in [-0.4, -0.2) is 151 Å². The van der Waals surface area contributed by atoms with Gasteiger partial charge in [0.25, 0.3) is 5.60 Å². The maximum atomic E-state index is 13.1. The Hall–Kier alpha value is -0.00260. The van der Waals surface area contributed by atoms with Crippen molar-refractivity contribution in [3.8, 4) is 0 Å². The predicted octanol–water partition coefficient (Wildman–Crippen LogP) is 2.38. The number of thiophene rings is 5. The number of carbonyl (C=O) groups excluding carboxylic acids is 5. The molecule has 436 valence electrons. The molecule has 7 saturated heterocycles. The molecule has 16 nitrogen and oxygen atoms in total. The van der Waals surface area contributed by atoms with Gasteiger partial charge < -0.3 is 91.8 Å². The Kier molecular flexibility index (Phi) is 37.4. The second-order valence-corrected chi connectivity index (χ2v) is 24.0. The number of rotatable bonds is 7. The number of cyclic esters (lactones) is 3. The van der Waals surface area contributed by atoms with Crippen LogP contribution in [0.3, 0.4) is 0 Å². The SMILES string of the molecule is Brc1cccs1.C.C.C.C.COC(=O)[C-]=O.C[N+]1(C)C2CC(O)CC1C1OC12.C[N+]1(C)C2CC(OC(=O)C(O)(c3cccs3)c3cccs3)CC1C1OC12.I.II.O=C1OC(=O)C(c2cccs2)(c2cccs2)O1.[Br-].[Br-].[Li+].[OH-]. The monoisotopic (exact) mass is 1700 g/mol. The van der Waals surface area contributed by atoms with Crippen LogP contribution in [0, 0.1) is 0 Å². The number of aliphatic hydroxyl groups is 2. The Bertz CT molecular complexity index is 2410. The van der Waals surface area contributed by atoms with Crippen molar-refractivity contribution in [1.29, 1.82) is 0 Å². The third kappa shape index (κ3) is 17.6. The van der Waals surface area contributed by atoms with Crippen molar-refractivity contribution in [2.24, 2.45) is 0 Å². The van der Waals surface area contributed by atoms with Crippen molar-refractivity contribution in [3.63, 3.8) is 0 Å². The van der Waals surface area contributed by atoms with Gasteiger partial charge in [0.1, 0.15) is 54.7 Å². The predicted molar refractivity (Wildman–Crippen MR) is 327 cm³/mol. The molecular formula is C50H68Br3I3LiN2O14S5-. The van der Waals surface area contributed by atoms with Crippen LogP contribution < -0.4 is 52.8 Å². The second-order valence-electron chi connectivity index (χ2n) is 17.8. The van der Waals surface area contributed by atoms with Crippen molar-refractivity contribution in [2.45, 2.75) is 127 Å². The van der Waals surface area contributed by atoms with Crippen molar-refractivity contribution >= 4 is 164 Å². The van der Waals surface area contributed by atoms with Crippen LogP contribution in [0.1, 0.15) is 74.9 Å². The average molecular weight is 1710 g/mol. The van der Waals surface area contributed by atoms with Crippen LogP contribution in [0.25, 0.3) is 0 Å². The first kappa shape index (κ1) is 82.2. The number of hydrogen-bond acceptors (Lipinski definition) is 19. The number of epoxide rings is 2. The third-order valence-electron chi connectivity index (χ3n) is 13.6. The van der Waals surface area contributed by atoms with Crippen LogP contribution in [0.5, 0.6) is 0 Å². The summed E-state index contributed by atoms with van der Waals surface area (Å²) >= 11 is 14.7. The second kappa shape index (κ2) is 35.5. The minimum Gasteiger partial charge on any atom is -1.00 e. The number of quaternary nitrogens is 2. The third-order valence-corrected chi connectivity index (χ3v) is 19.0. The summed E-state index contributed by atoms with van der Waals surface area (Å²) in [4.78, 5) is 57.4. The van der Waals surface area contributed by atoms with Gasteiger partial charge in [-0.25, -0.2) is 14.4 Å². The van der Waals surface area contributed by atoms with Crippen molar-refractivity contribution < 1.29 is 130 Å². The van der Waals surface area contributed by atoms with Gasteiger partial charge >= 0.3 is 37.0 Å². The average Bonchev–Trinajstić information content (AvgIpc) is 3.90. The van der Waals surface area contributed by atoms with Gasteiger partial charge in [-0.3, -0.25) is 4.79 Å². The zero-order chi connectivity index (χ0) is 49.9. The first-order valence-electron chi connectivity index (χ1n) is 21.5. The number of piperidine rings is 2. The molecule has 12 rings (SSSR count). The van der Waals surface area contributed by atoms with E-state index in [4.69, 9.17) is 23.7 Å². The number of ether oxygens (including phenoxy) is 6. The summed E-state index contributed by atoms with van der Waals surface area (Å²) in [5.74, 6) is -2.20. The first-order valence-corrected chi connectivity index (χ1v) is 32.9. The molecule has 12 heterocycles. The molecule has 0 aliphatic carbocycles. The van der Waals surface area contributed by atoms with Gasteiger partial charge in [-0.1, -0.05) is 60.0 Å². The van der Waals surface area contributed by atoms with Crippen LogP contribution in [0.4, 0.5) is 4.79 Å². The molecule has 0 saturated carbocycles. The van der Waals surface area contributed by atoms with Crippen molar-refractivity contribution in [2.75, 3.05) is 35.3 Å². The minimum absolute atomic E-state index is 0. The van der Waals surface area contributed by atoms with E-state index in [1.54, 1.807) is 47.7 Å². The Morgan fingerprint density at radius 1 is 0.718 bits per heavy atom. The quantitative estimate of drug-likeness (QED) is 0.0276. The van der Waals surface area contributed by atoms with E-state index in [1.165, 1.54) is 49.1 Å². The molecule has 7 aliphatic rings. The first-order chi connectivity index (χ1) is 33.0. The summed E-state index contributed by atoms with van der Waals surface area (Å²) in [6, 6.07) is 20.3. The molecule has 3 N–H and O–H groups in total. The molecule has 7 aliphatic heterocycles. The van der Waals surface area contributed by atoms with Gasteiger partial charge in [-0.15, -0.1) is 80.7 Å². The van der Waals surface area contributed by atoms with E-state index in [9.17, 15) is 29.4 Å². The smallest absolute Gasteiger partial charge is 1.00 e. The molecule has 0 amide bonds. The maximum absolute atomic E-state index is 13.1. The summed E-state index contributed by atoms with van der Waals surface area (Å²) in [7, 11) is 10.2. The summed E-state index contributed by atoms with van der Waals surface area (Å²) in [6.45, 7) is 0. The fourth-order valence-electron chi connectivity index (χ4n) is 10.1. The van der Waals surface area contributed by atoms with E-state index in [0.717, 1.165) is 48.0 Å². The number of aliphatic hydroxyl groups excluding tert-OH is 1. The molecule has 0 radical (unpaired) electrons. The molecule has 8 atom stereocenters. The zero-order valence-corrected chi connectivity index (χ0v) is 55.8. The Balaban J connectivity index is -0.000000950. The van der Waals surface area contributed by atoms with E-state index in [1.807, 2.05) is 51.2 Å². The number of carbonyl (C=O) groups is 4. The van der Waals surface area contributed by atoms with Crippen molar-refractivity contribution in [3.05, 3.63) is 111 Å². The maximum Gasteiger partial charge on any atom is 1.00 e. The van der Waals surface area contributed by atoms with Gasteiger partial charge in [0.05, 0.1) is 64.7 Å². The molecule has 5 aromatic heterocycles. The molecule has 5 aromatic rings. The minimum atomic E-state index is -1.72. The summed E-state index contributed by atoms with van der Waals surface area (Å²) in [5, 5.41) is 30.4. The fourth-order valence-corrected chi connectivity index (χ4v) is 14.5. The van der Waals surface area contributed by atoms with Crippen LogP contribution in [0.2, 0.25) is 0 Å². The number of halogens is 6. The molecule has 0 aromatic carbocycles. The van der Waals surface area contributed by atoms with Gasteiger partial charge in [-0.2, -0.15) is 6.29 Å². The number of morpholine rings is 2. The van der Waals surface area contributed by atoms with Crippen LogP contribution >= 0.6 is 134 Å². The standard InChI is InChI=1S/C19H22NO4S2.C11H6O4S2.C9H16NO2.C4H3BrS.C3H3O3.4CH4.2BrH.I2.HI.Li.H2O/c1-20(2)12-9-11(10-13(20)17-16(12)24-17)23-18(21)19(22,14-5-3-7-25-14)15-6-4-8-26-15;12-9-11(15-10(13)14-9,7-3-1-5-16-7)8-4-2-6-17-8;1-10(2)6-3-5(11)4-7(10)9-8(6)12-9;5-4-2-1-3-6-4;1-6-3(5)2-4;;;;;;;1-2;;;/h3-8,11-13,16-17,22H,9-10H2,1-2H3;1-6H;5-9,11H,3-4H2,1-2H3;1-3H;1H3;4*1H4;2*1H;;1H;;1H2/q+1;;+1;;-1;;;;;;;;;+1;/p-3.